The van der Waals surface area contributed by atoms with E-state index in [1.165, 1.54) is 4.90 Å². The van der Waals surface area contributed by atoms with Crippen molar-refractivity contribution in [2.75, 3.05) is 19.7 Å². The van der Waals surface area contributed by atoms with Gasteiger partial charge in [-0.25, -0.2) is 4.79 Å². The Morgan fingerprint density at radius 2 is 2.29 bits per heavy atom. The van der Waals surface area contributed by atoms with Crippen LogP contribution in [0, 0.1) is 11.8 Å². The van der Waals surface area contributed by atoms with E-state index in [2.05, 4.69) is 0 Å². The molecule has 5 nitrogen and oxygen atoms in total. The number of likely N-dealkylation sites (tertiary alicyclic amines) is 1. The molecule has 0 aliphatic carbocycles. The minimum absolute atomic E-state index is 0.0515. The highest BCUT2D eigenvalue weighted by Gasteiger charge is 2.32. The van der Waals surface area contributed by atoms with Crippen LogP contribution in [0.1, 0.15) is 13.3 Å². The molecule has 0 saturated carbocycles. The normalized spacial score (nSPS) is 26.2. The second-order valence-corrected chi connectivity index (χ2v) is 3.89. The maximum Gasteiger partial charge on any atom is 0.407 e. The summed E-state index contributed by atoms with van der Waals surface area (Å²) >= 11 is 0. The number of carbonyl (C=O) groups is 1. The molecular formula is C9H17NO4. The third kappa shape index (κ3) is 2.36. The number of carboxylic acid groups (broad SMARTS) is 1. The Morgan fingerprint density at radius 1 is 1.64 bits per heavy atom. The van der Waals surface area contributed by atoms with Crippen molar-refractivity contribution >= 4 is 6.09 Å². The molecule has 1 heterocycles. The maximum atomic E-state index is 10.6. The molecule has 1 aliphatic rings. The van der Waals surface area contributed by atoms with Crippen LogP contribution in [-0.4, -0.2) is 52.1 Å². The first-order valence-electron chi connectivity index (χ1n) is 4.83. The van der Waals surface area contributed by atoms with Gasteiger partial charge in [0.25, 0.3) is 0 Å². The van der Waals surface area contributed by atoms with Gasteiger partial charge in [0.15, 0.2) is 0 Å². The molecule has 0 spiro atoms. The van der Waals surface area contributed by atoms with Crippen molar-refractivity contribution in [1.82, 2.24) is 4.90 Å². The quantitative estimate of drug-likeness (QED) is 0.602. The van der Waals surface area contributed by atoms with Gasteiger partial charge in [-0.2, -0.15) is 0 Å². The number of aliphatic hydroxyl groups excluding tert-OH is 2. The summed E-state index contributed by atoms with van der Waals surface area (Å²) < 4.78 is 0. The van der Waals surface area contributed by atoms with Gasteiger partial charge in [-0.3, -0.25) is 0 Å². The number of amides is 1. The molecule has 1 aliphatic heterocycles. The van der Waals surface area contributed by atoms with E-state index < -0.39 is 12.2 Å². The van der Waals surface area contributed by atoms with E-state index in [1.807, 2.05) is 6.92 Å². The zero-order chi connectivity index (χ0) is 10.7. The van der Waals surface area contributed by atoms with Gasteiger partial charge in [0.1, 0.15) is 0 Å². The Morgan fingerprint density at radius 3 is 2.71 bits per heavy atom. The Labute approximate surface area is 83.0 Å². The van der Waals surface area contributed by atoms with Crippen molar-refractivity contribution in [3.63, 3.8) is 0 Å². The standard InChI is InChI=1S/C9H17NO4/c1-6(8(12)5-11)7-2-3-10(4-7)9(13)14/h6-8,11-12H,2-5H2,1H3,(H,13,14). The molecular weight excluding hydrogens is 186 g/mol. The van der Waals surface area contributed by atoms with Gasteiger partial charge >= 0.3 is 6.09 Å². The molecule has 0 aromatic rings. The molecule has 3 N–H and O–H groups in total. The molecule has 0 aromatic carbocycles. The van der Waals surface area contributed by atoms with Gasteiger partial charge in [-0.05, 0) is 18.3 Å². The monoisotopic (exact) mass is 203 g/mol. The lowest BCUT2D eigenvalue weighted by molar-refractivity contribution is 0.0320. The minimum atomic E-state index is -0.904. The van der Waals surface area contributed by atoms with Gasteiger partial charge in [-0.1, -0.05) is 6.92 Å². The van der Waals surface area contributed by atoms with Crippen LogP contribution in [0.3, 0.4) is 0 Å². The van der Waals surface area contributed by atoms with Crippen molar-refractivity contribution in [2.24, 2.45) is 11.8 Å². The smallest absolute Gasteiger partial charge is 0.407 e. The fourth-order valence-corrected chi connectivity index (χ4v) is 1.87. The van der Waals surface area contributed by atoms with Crippen molar-refractivity contribution in [2.45, 2.75) is 19.4 Å². The number of hydrogen-bond donors (Lipinski definition) is 3. The molecule has 0 aromatic heterocycles. The van der Waals surface area contributed by atoms with Crippen LogP contribution in [0.2, 0.25) is 0 Å². The molecule has 0 bridgehead atoms. The first-order chi connectivity index (χ1) is 6.56. The topological polar surface area (TPSA) is 81.0 Å². The molecule has 3 atom stereocenters. The predicted molar refractivity (Wildman–Crippen MR) is 50.0 cm³/mol. The molecule has 0 radical (unpaired) electrons. The summed E-state index contributed by atoms with van der Waals surface area (Å²) in [7, 11) is 0. The van der Waals surface area contributed by atoms with E-state index >= 15 is 0 Å². The van der Waals surface area contributed by atoms with Gasteiger partial charge < -0.3 is 20.2 Å². The summed E-state index contributed by atoms with van der Waals surface area (Å²) in [6.45, 7) is 2.58. The Bertz CT molecular complexity index is 209. The zero-order valence-corrected chi connectivity index (χ0v) is 8.26. The molecule has 1 saturated heterocycles. The van der Waals surface area contributed by atoms with Gasteiger partial charge in [-0.15, -0.1) is 0 Å². The third-order valence-electron chi connectivity index (χ3n) is 3.03. The first-order valence-corrected chi connectivity index (χ1v) is 4.83. The number of aliphatic hydroxyl groups is 2. The molecule has 14 heavy (non-hydrogen) atoms. The number of nitrogens with zero attached hydrogens (tertiary/aromatic N) is 1. The Balaban J connectivity index is 2.45. The van der Waals surface area contributed by atoms with E-state index in [0.717, 1.165) is 6.42 Å². The zero-order valence-electron chi connectivity index (χ0n) is 8.26. The lowest BCUT2D eigenvalue weighted by Crippen LogP contribution is -2.32. The van der Waals surface area contributed by atoms with Crippen LogP contribution in [0.25, 0.3) is 0 Å². The SMILES string of the molecule is CC(C(O)CO)C1CCN(C(=O)O)C1. The Hall–Kier alpha value is -0.810. The summed E-state index contributed by atoms with van der Waals surface area (Å²) in [4.78, 5) is 12.0. The lowest BCUT2D eigenvalue weighted by Gasteiger charge is -2.22. The van der Waals surface area contributed by atoms with Crippen molar-refractivity contribution < 1.29 is 20.1 Å². The van der Waals surface area contributed by atoms with E-state index in [1.54, 1.807) is 0 Å². The van der Waals surface area contributed by atoms with Crippen LogP contribution >= 0.6 is 0 Å². The summed E-state index contributed by atoms with van der Waals surface area (Å²) in [5.74, 6) is 0.109. The molecule has 1 amide bonds. The van der Waals surface area contributed by atoms with Crippen molar-refractivity contribution in [3.05, 3.63) is 0 Å². The summed E-state index contributed by atoms with van der Waals surface area (Å²) in [6.07, 6.45) is -0.878. The fraction of sp³-hybridized carbons (Fsp3) is 0.889. The summed E-state index contributed by atoms with van der Waals surface area (Å²) in [5, 5.41) is 26.9. The molecule has 1 rings (SSSR count). The second-order valence-electron chi connectivity index (χ2n) is 3.89. The predicted octanol–water partition coefficient (Wildman–Crippen LogP) is -0.0244. The van der Waals surface area contributed by atoms with Crippen molar-refractivity contribution in [3.8, 4) is 0 Å². The molecule has 1 fully saturated rings. The van der Waals surface area contributed by atoms with Gasteiger partial charge in [0.2, 0.25) is 0 Å². The van der Waals surface area contributed by atoms with Crippen LogP contribution in [0.4, 0.5) is 4.79 Å². The molecule has 5 heteroatoms. The second kappa shape index (κ2) is 4.61. The molecule has 82 valence electrons. The summed E-state index contributed by atoms with van der Waals surface area (Å²) in [5.41, 5.74) is 0. The first kappa shape index (κ1) is 11.3. The minimum Gasteiger partial charge on any atom is -0.465 e. The van der Waals surface area contributed by atoms with Crippen LogP contribution in [0.15, 0.2) is 0 Å². The summed E-state index contributed by atoms with van der Waals surface area (Å²) in [6, 6.07) is 0. The third-order valence-corrected chi connectivity index (χ3v) is 3.03. The number of hydrogen-bond acceptors (Lipinski definition) is 3. The fourth-order valence-electron chi connectivity index (χ4n) is 1.87. The van der Waals surface area contributed by atoms with Crippen LogP contribution in [-0.2, 0) is 0 Å². The molecule has 3 unspecified atom stereocenters. The van der Waals surface area contributed by atoms with Gasteiger partial charge in [0.05, 0.1) is 12.7 Å². The van der Waals surface area contributed by atoms with E-state index in [4.69, 9.17) is 10.2 Å². The lowest BCUT2D eigenvalue weighted by atomic mass is 9.89. The largest absolute Gasteiger partial charge is 0.465 e. The number of rotatable bonds is 3. The van der Waals surface area contributed by atoms with E-state index in [9.17, 15) is 9.90 Å². The van der Waals surface area contributed by atoms with E-state index in [-0.39, 0.29) is 18.4 Å². The average molecular weight is 203 g/mol. The highest BCUT2D eigenvalue weighted by Crippen LogP contribution is 2.26. The highest BCUT2D eigenvalue weighted by molar-refractivity contribution is 5.65. The van der Waals surface area contributed by atoms with Crippen LogP contribution in [0.5, 0.6) is 0 Å². The van der Waals surface area contributed by atoms with Crippen molar-refractivity contribution in [1.29, 1.82) is 0 Å². The Kier molecular flexibility index (Phi) is 3.71. The maximum absolute atomic E-state index is 10.6. The average Bonchev–Trinajstić information content (AvgIpc) is 2.64. The van der Waals surface area contributed by atoms with Gasteiger partial charge in [0, 0.05) is 13.1 Å². The highest BCUT2D eigenvalue weighted by atomic mass is 16.4. The van der Waals surface area contributed by atoms with E-state index in [0.29, 0.717) is 13.1 Å². The van der Waals surface area contributed by atoms with Crippen LogP contribution < -0.4 is 0 Å².